The van der Waals surface area contributed by atoms with Crippen LogP contribution < -0.4 is 10.5 Å². The number of benzene rings is 1. The van der Waals surface area contributed by atoms with Crippen molar-refractivity contribution in [2.75, 3.05) is 12.3 Å². The Kier molecular flexibility index (Phi) is 5.35. The number of anilines is 1. The molecule has 0 aliphatic carbocycles. The maximum atomic E-state index is 13.4. The van der Waals surface area contributed by atoms with Gasteiger partial charge in [0.15, 0.2) is 0 Å². The molecule has 0 fully saturated rings. The van der Waals surface area contributed by atoms with Crippen LogP contribution in [0.3, 0.4) is 0 Å². The van der Waals surface area contributed by atoms with Crippen LogP contribution in [-0.2, 0) is 10.0 Å². The van der Waals surface area contributed by atoms with E-state index in [0.29, 0.717) is 6.42 Å². The molecule has 0 saturated carbocycles. The molecule has 0 saturated heterocycles. The highest BCUT2D eigenvalue weighted by Crippen LogP contribution is 2.22. The summed E-state index contributed by atoms with van der Waals surface area (Å²) < 4.78 is 40.0. The van der Waals surface area contributed by atoms with Crippen molar-refractivity contribution in [1.82, 2.24) is 4.72 Å². The molecule has 0 aromatic heterocycles. The minimum absolute atomic E-state index is 0.101. The van der Waals surface area contributed by atoms with Gasteiger partial charge in [-0.1, -0.05) is 20.8 Å². The average Bonchev–Trinajstić information content (AvgIpc) is 2.31. The molecule has 0 heterocycles. The predicted molar refractivity (Wildman–Crippen MR) is 80.8 cm³/mol. The monoisotopic (exact) mass is 318 g/mol. The van der Waals surface area contributed by atoms with E-state index in [9.17, 15) is 17.9 Å². The molecule has 21 heavy (non-hydrogen) atoms. The lowest BCUT2D eigenvalue weighted by atomic mass is 9.89. The molecule has 120 valence electrons. The maximum Gasteiger partial charge on any atom is 0.240 e. The summed E-state index contributed by atoms with van der Waals surface area (Å²) in [6.45, 7) is 7.20. The molecule has 0 amide bonds. The molecule has 1 aromatic carbocycles. The number of nitrogens with two attached hydrogens (primary N) is 1. The van der Waals surface area contributed by atoms with E-state index < -0.39 is 21.9 Å². The molecule has 0 spiro atoms. The topological polar surface area (TPSA) is 92.4 Å². The van der Waals surface area contributed by atoms with Gasteiger partial charge < -0.3 is 10.8 Å². The molecule has 0 aliphatic heterocycles. The molecule has 1 atom stereocenters. The summed E-state index contributed by atoms with van der Waals surface area (Å²) in [7, 11) is -3.83. The fraction of sp³-hybridized carbons (Fsp3) is 0.571. The van der Waals surface area contributed by atoms with Crippen molar-refractivity contribution in [3.8, 4) is 0 Å². The van der Waals surface area contributed by atoms with Crippen molar-refractivity contribution >= 4 is 15.7 Å². The van der Waals surface area contributed by atoms with Crippen molar-refractivity contribution in [2.45, 2.75) is 45.1 Å². The molecule has 7 heteroatoms. The summed E-state index contributed by atoms with van der Waals surface area (Å²) in [5.74, 6) is -0.623. The Labute approximate surface area is 125 Å². The van der Waals surface area contributed by atoms with Gasteiger partial charge in [0, 0.05) is 6.54 Å². The molecule has 1 aromatic rings. The first-order chi connectivity index (χ1) is 9.42. The van der Waals surface area contributed by atoms with E-state index >= 15 is 0 Å². The van der Waals surface area contributed by atoms with Crippen molar-refractivity contribution in [3.05, 3.63) is 23.5 Å². The van der Waals surface area contributed by atoms with Gasteiger partial charge in [-0.05, 0) is 36.5 Å². The summed E-state index contributed by atoms with van der Waals surface area (Å²) >= 11 is 0. The first-order valence-corrected chi connectivity index (χ1v) is 8.14. The maximum absolute atomic E-state index is 13.4. The molecule has 0 aliphatic rings. The van der Waals surface area contributed by atoms with E-state index in [0.717, 1.165) is 6.07 Å². The van der Waals surface area contributed by atoms with Crippen LogP contribution in [0.15, 0.2) is 17.0 Å². The predicted octanol–water partition coefficient (Wildman–Crippen LogP) is 1.79. The Morgan fingerprint density at radius 1 is 1.38 bits per heavy atom. The van der Waals surface area contributed by atoms with E-state index in [2.05, 4.69) is 4.72 Å². The lowest BCUT2D eigenvalue weighted by Crippen LogP contribution is -2.34. The lowest BCUT2D eigenvalue weighted by molar-refractivity contribution is 0.125. The van der Waals surface area contributed by atoms with E-state index in [1.165, 1.54) is 13.0 Å². The number of halogens is 1. The normalized spacial score (nSPS) is 14.2. The zero-order valence-corrected chi connectivity index (χ0v) is 13.6. The zero-order valence-electron chi connectivity index (χ0n) is 12.8. The van der Waals surface area contributed by atoms with Crippen LogP contribution in [0.5, 0.6) is 0 Å². The van der Waals surface area contributed by atoms with Crippen molar-refractivity contribution in [1.29, 1.82) is 0 Å². The van der Waals surface area contributed by atoms with Crippen molar-refractivity contribution < 1.29 is 17.9 Å². The highest BCUT2D eigenvalue weighted by molar-refractivity contribution is 7.89. The quantitative estimate of drug-likeness (QED) is 0.722. The molecule has 5 nitrogen and oxygen atoms in total. The van der Waals surface area contributed by atoms with Crippen LogP contribution in [0, 0.1) is 18.2 Å². The van der Waals surface area contributed by atoms with Gasteiger partial charge in [0.2, 0.25) is 10.0 Å². The van der Waals surface area contributed by atoms with E-state index in [4.69, 9.17) is 5.73 Å². The van der Waals surface area contributed by atoms with Crippen molar-refractivity contribution in [2.24, 2.45) is 5.41 Å². The first-order valence-electron chi connectivity index (χ1n) is 6.66. The summed E-state index contributed by atoms with van der Waals surface area (Å²) in [4.78, 5) is -0.109. The third kappa shape index (κ3) is 5.26. The summed E-state index contributed by atoms with van der Waals surface area (Å²) in [6, 6.07) is 2.28. The Bertz CT molecular complexity index is 586. The highest BCUT2D eigenvalue weighted by atomic mass is 32.2. The van der Waals surface area contributed by atoms with Crippen LogP contribution >= 0.6 is 0 Å². The molecule has 4 N–H and O–H groups in total. The number of aliphatic hydroxyl groups is 1. The number of hydrogen-bond donors (Lipinski definition) is 3. The fourth-order valence-electron chi connectivity index (χ4n) is 1.99. The van der Waals surface area contributed by atoms with Crippen molar-refractivity contribution in [3.63, 3.8) is 0 Å². The van der Waals surface area contributed by atoms with Crippen LogP contribution in [0.2, 0.25) is 0 Å². The minimum Gasteiger partial charge on any atom is -0.396 e. The molecular formula is C14H23FN2O3S. The summed E-state index contributed by atoms with van der Waals surface area (Å²) in [5.41, 5.74) is 5.27. The lowest BCUT2D eigenvalue weighted by Gasteiger charge is -2.22. The Morgan fingerprint density at radius 2 is 1.95 bits per heavy atom. The number of aryl methyl sites for hydroxylation is 1. The van der Waals surface area contributed by atoms with Crippen LogP contribution in [0.1, 0.15) is 32.8 Å². The second-order valence-electron chi connectivity index (χ2n) is 6.41. The number of nitrogens with one attached hydrogen (secondary N) is 1. The molecule has 1 unspecified atom stereocenters. The standard InChI is InChI=1S/C14H23FN2O3S/c1-9-5-11(6-12(16)13(9)15)21(19,20)17-8-10(18)7-14(2,3)4/h5-6,10,17-18H,7-8,16H2,1-4H3. The van der Waals surface area contributed by atoms with E-state index in [1.807, 2.05) is 20.8 Å². The molecule has 1 rings (SSSR count). The minimum atomic E-state index is -3.83. The van der Waals surface area contributed by atoms with Gasteiger partial charge in [0.1, 0.15) is 5.82 Å². The zero-order chi connectivity index (χ0) is 16.4. The third-order valence-electron chi connectivity index (χ3n) is 2.92. The van der Waals surface area contributed by atoms with Gasteiger partial charge in [0.25, 0.3) is 0 Å². The smallest absolute Gasteiger partial charge is 0.240 e. The van der Waals surface area contributed by atoms with Gasteiger partial charge in [0.05, 0.1) is 16.7 Å². The van der Waals surface area contributed by atoms with Crippen LogP contribution in [-0.4, -0.2) is 26.2 Å². The van der Waals surface area contributed by atoms with Crippen LogP contribution in [0.4, 0.5) is 10.1 Å². The highest BCUT2D eigenvalue weighted by Gasteiger charge is 2.21. The second-order valence-corrected chi connectivity index (χ2v) is 8.18. The summed E-state index contributed by atoms with van der Waals surface area (Å²) in [5, 5.41) is 9.84. The SMILES string of the molecule is Cc1cc(S(=O)(=O)NCC(O)CC(C)(C)C)cc(N)c1F. The fourth-order valence-corrected chi connectivity index (χ4v) is 3.18. The Morgan fingerprint density at radius 3 is 2.43 bits per heavy atom. The third-order valence-corrected chi connectivity index (χ3v) is 4.33. The van der Waals surface area contributed by atoms with Gasteiger partial charge in [-0.25, -0.2) is 17.5 Å². The van der Waals surface area contributed by atoms with Crippen LogP contribution in [0.25, 0.3) is 0 Å². The number of rotatable bonds is 5. The number of hydrogen-bond acceptors (Lipinski definition) is 4. The second kappa shape index (κ2) is 6.29. The van der Waals surface area contributed by atoms with Gasteiger partial charge in [-0.2, -0.15) is 0 Å². The van der Waals surface area contributed by atoms with E-state index in [-0.39, 0.29) is 28.1 Å². The molecular weight excluding hydrogens is 295 g/mol. The van der Waals surface area contributed by atoms with Gasteiger partial charge in [-0.15, -0.1) is 0 Å². The average molecular weight is 318 g/mol. The van der Waals surface area contributed by atoms with Gasteiger partial charge >= 0.3 is 0 Å². The first kappa shape index (κ1) is 17.9. The van der Waals surface area contributed by atoms with E-state index in [1.54, 1.807) is 0 Å². The molecule has 0 bridgehead atoms. The molecule has 0 radical (unpaired) electrons. The summed E-state index contributed by atoms with van der Waals surface area (Å²) in [6.07, 6.45) is -0.334. The Balaban J connectivity index is 2.83. The van der Waals surface area contributed by atoms with Gasteiger partial charge in [-0.3, -0.25) is 0 Å². The number of sulfonamides is 1. The largest absolute Gasteiger partial charge is 0.396 e. The Hall–Kier alpha value is -1.18. The number of nitrogen functional groups attached to an aromatic ring is 1. The number of aliphatic hydroxyl groups excluding tert-OH is 1.